The molecule has 0 radical (unpaired) electrons. The summed E-state index contributed by atoms with van der Waals surface area (Å²) in [7, 11) is 1.56. The lowest BCUT2D eigenvalue weighted by Gasteiger charge is -2.09. The Bertz CT molecular complexity index is 355. The Hall–Kier alpha value is -1.77. The van der Waals surface area contributed by atoms with E-state index in [0.29, 0.717) is 17.1 Å². The number of benzene rings is 1. The highest BCUT2D eigenvalue weighted by Crippen LogP contribution is 2.24. The summed E-state index contributed by atoms with van der Waals surface area (Å²) in [4.78, 5) is 10.7. The fourth-order valence-corrected chi connectivity index (χ4v) is 1.10. The third kappa shape index (κ3) is 2.36. The second-order valence-corrected chi connectivity index (χ2v) is 2.72. The summed E-state index contributed by atoms with van der Waals surface area (Å²) in [5.41, 5.74) is 0.685. The van der Waals surface area contributed by atoms with Gasteiger partial charge < -0.3 is 9.47 Å². The van der Waals surface area contributed by atoms with Gasteiger partial charge in [-0.05, 0) is 12.1 Å². The van der Waals surface area contributed by atoms with Gasteiger partial charge >= 0.3 is 5.97 Å². The maximum Gasteiger partial charge on any atom is 0.308 e. The quantitative estimate of drug-likeness (QED) is 0.544. The lowest BCUT2D eigenvalue weighted by atomic mass is 10.2. The van der Waals surface area contributed by atoms with Gasteiger partial charge in [-0.25, -0.2) is 0 Å². The molecule has 14 heavy (non-hydrogen) atoms. The lowest BCUT2D eigenvalue weighted by molar-refractivity contribution is -0.134. The first-order valence-corrected chi connectivity index (χ1v) is 4.16. The zero-order chi connectivity index (χ0) is 10.6. The van der Waals surface area contributed by atoms with Crippen molar-refractivity contribution in [2.75, 3.05) is 7.11 Å². The molecule has 1 aromatic rings. The minimum atomic E-state index is -0.388. The number of ether oxygens (including phenoxy) is 2. The summed E-state index contributed by atoms with van der Waals surface area (Å²) in [5, 5.41) is 0. The average Bonchev–Trinajstić information content (AvgIpc) is 2.16. The molecule has 1 aromatic carbocycles. The predicted molar refractivity (Wildman–Crippen MR) is 53.8 cm³/mol. The maximum absolute atomic E-state index is 10.7. The fraction of sp³-hybridized carbons (Fsp3) is 0.182. The Morgan fingerprint density at radius 3 is 2.57 bits per heavy atom. The molecule has 0 aliphatic rings. The van der Waals surface area contributed by atoms with Gasteiger partial charge in [0, 0.05) is 6.92 Å². The van der Waals surface area contributed by atoms with Gasteiger partial charge in [0.2, 0.25) is 0 Å². The molecular formula is C11H12O3. The molecule has 0 saturated carbocycles. The van der Waals surface area contributed by atoms with Crippen LogP contribution >= 0.6 is 0 Å². The Labute approximate surface area is 83.0 Å². The van der Waals surface area contributed by atoms with Gasteiger partial charge in [0.15, 0.2) is 0 Å². The van der Waals surface area contributed by atoms with Crippen LogP contribution in [-0.4, -0.2) is 13.1 Å². The molecule has 0 aromatic heterocycles. The highest BCUT2D eigenvalue weighted by atomic mass is 16.5. The van der Waals surface area contributed by atoms with Gasteiger partial charge in [-0.3, -0.25) is 4.79 Å². The first kappa shape index (κ1) is 10.3. The van der Waals surface area contributed by atoms with Crippen LogP contribution in [0, 0.1) is 0 Å². The molecule has 0 N–H and O–H groups in total. The summed E-state index contributed by atoms with van der Waals surface area (Å²) in [6.45, 7) is 4.98. The first-order valence-electron chi connectivity index (χ1n) is 4.16. The number of hydrogen-bond acceptors (Lipinski definition) is 3. The van der Waals surface area contributed by atoms with Gasteiger partial charge in [-0.2, -0.15) is 0 Å². The Morgan fingerprint density at radius 2 is 2.00 bits per heavy atom. The van der Waals surface area contributed by atoms with Crippen LogP contribution < -0.4 is 4.74 Å². The minimum absolute atomic E-state index is 0.301. The molecule has 0 unspecified atom stereocenters. The summed E-state index contributed by atoms with van der Waals surface area (Å²) < 4.78 is 9.96. The highest BCUT2D eigenvalue weighted by molar-refractivity contribution is 5.77. The topological polar surface area (TPSA) is 35.5 Å². The number of carbonyl (C=O) groups excluding carboxylic acids is 1. The number of esters is 1. The van der Waals surface area contributed by atoms with Gasteiger partial charge in [0.05, 0.1) is 12.7 Å². The smallest absolute Gasteiger partial charge is 0.308 e. The van der Waals surface area contributed by atoms with Crippen LogP contribution in [0.4, 0.5) is 0 Å². The molecular weight excluding hydrogens is 180 g/mol. The van der Waals surface area contributed by atoms with Crippen LogP contribution in [0.3, 0.4) is 0 Å². The number of para-hydroxylation sites is 1. The molecule has 0 fully saturated rings. The molecule has 3 heteroatoms. The van der Waals surface area contributed by atoms with Crippen molar-refractivity contribution in [1.29, 1.82) is 0 Å². The monoisotopic (exact) mass is 192 g/mol. The van der Waals surface area contributed by atoms with Crippen molar-refractivity contribution < 1.29 is 14.3 Å². The van der Waals surface area contributed by atoms with Crippen molar-refractivity contribution in [2.24, 2.45) is 0 Å². The normalized spacial score (nSPS) is 9.29. The molecule has 0 aliphatic heterocycles. The van der Waals surface area contributed by atoms with Crippen LogP contribution in [0.2, 0.25) is 0 Å². The van der Waals surface area contributed by atoms with Crippen molar-refractivity contribution in [1.82, 2.24) is 0 Å². The Kier molecular flexibility index (Phi) is 3.29. The van der Waals surface area contributed by atoms with E-state index >= 15 is 0 Å². The molecule has 0 heterocycles. The van der Waals surface area contributed by atoms with E-state index in [9.17, 15) is 4.79 Å². The fourth-order valence-electron chi connectivity index (χ4n) is 1.10. The van der Waals surface area contributed by atoms with Crippen LogP contribution in [0.25, 0.3) is 5.76 Å². The highest BCUT2D eigenvalue weighted by Gasteiger charge is 2.08. The SMILES string of the molecule is C=C(OC(C)=O)c1ccccc1OC. The van der Waals surface area contributed by atoms with Crippen molar-refractivity contribution in [2.45, 2.75) is 6.92 Å². The molecule has 0 spiro atoms. The molecule has 0 bridgehead atoms. The average molecular weight is 192 g/mol. The van der Waals surface area contributed by atoms with E-state index in [4.69, 9.17) is 9.47 Å². The van der Waals surface area contributed by atoms with Crippen molar-refractivity contribution in [3.05, 3.63) is 36.4 Å². The van der Waals surface area contributed by atoms with Crippen LogP contribution in [0.1, 0.15) is 12.5 Å². The molecule has 0 saturated heterocycles. The zero-order valence-corrected chi connectivity index (χ0v) is 8.24. The second kappa shape index (κ2) is 4.46. The van der Waals surface area contributed by atoms with E-state index in [2.05, 4.69) is 6.58 Å². The molecule has 3 nitrogen and oxygen atoms in total. The third-order valence-corrected chi connectivity index (χ3v) is 1.67. The Balaban J connectivity index is 2.94. The lowest BCUT2D eigenvalue weighted by Crippen LogP contribution is -1.99. The van der Waals surface area contributed by atoms with E-state index < -0.39 is 0 Å². The molecule has 1 rings (SSSR count). The summed E-state index contributed by atoms with van der Waals surface area (Å²) in [5.74, 6) is 0.551. The van der Waals surface area contributed by atoms with Gasteiger partial charge in [-0.1, -0.05) is 18.7 Å². The van der Waals surface area contributed by atoms with Crippen LogP contribution in [0.5, 0.6) is 5.75 Å². The standard InChI is InChI=1S/C11H12O3/c1-8(14-9(2)12)10-6-4-5-7-11(10)13-3/h4-7H,1H2,2-3H3. The van der Waals surface area contributed by atoms with Crippen molar-refractivity contribution in [3.63, 3.8) is 0 Å². The minimum Gasteiger partial charge on any atom is -0.496 e. The predicted octanol–water partition coefficient (Wildman–Crippen LogP) is 2.23. The van der Waals surface area contributed by atoms with Crippen molar-refractivity contribution in [3.8, 4) is 5.75 Å². The van der Waals surface area contributed by atoms with Gasteiger partial charge in [-0.15, -0.1) is 0 Å². The second-order valence-electron chi connectivity index (χ2n) is 2.72. The zero-order valence-electron chi connectivity index (χ0n) is 8.24. The Morgan fingerprint density at radius 1 is 1.36 bits per heavy atom. The number of methoxy groups -OCH3 is 1. The van der Waals surface area contributed by atoms with E-state index in [1.807, 2.05) is 12.1 Å². The van der Waals surface area contributed by atoms with Crippen LogP contribution in [-0.2, 0) is 9.53 Å². The third-order valence-electron chi connectivity index (χ3n) is 1.67. The maximum atomic E-state index is 10.7. The van der Waals surface area contributed by atoms with Crippen LogP contribution in [0.15, 0.2) is 30.8 Å². The first-order chi connectivity index (χ1) is 6.65. The molecule has 74 valence electrons. The summed E-state index contributed by atoms with van der Waals surface area (Å²) in [6.07, 6.45) is 0. The molecule has 0 atom stereocenters. The molecule has 0 aliphatic carbocycles. The molecule has 0 amide bonds. The van der Waals surface area contributed by atoms with E-state index in [-0.39, 0.29) is 5.97 Å². The number of carbonyl (C=O) groups is 1. The van der Waals surface area contributed by atoms with Crippen molar-refractivity contribution >= 4 is 11.7 Å². The van der Waals surface area contributed by atoms with Gasteiger partial charge in [0.1, 0.15) is 11.5 Å². The van der Waals surface area contributed by atoms with E-state index in [0.717, 1.165) is 0 Å². The summed E-state index contributed by atoms with van der Waals surface area (Å²) in [6, 6.07) is 7.23. The summed E-state index contributed by atoms with van der Waals surface area (Å²) >= 11 is 0. The number of hydrogen-bond donors (Lipinski definition) is 0. The van der Waals surface area contributed by atoms with E-state index in [1.165, 1.54) is 6.92 Å². The van der Waals surface area contributed by atoms with E-state index in [1.54, 1.807) is 19.2 Å². The van der Waals surface area contributed by atoms with Gasteiger partial charge in [0.25, 0.3) is 0 Å². The largest absolute Gasteiger partial charge is 0.496 e. The number of rotatable bonds is 3.